The zero-order valence-corrected chi connectivity index (χ0v) is 13.8. The van der Waals surface area contributed by atoms with Gasteiger partial charge in [0, 0.05) is 6.61 Å². The molecule has 2 nitrogen and oxygen atoms in total. The van der Waals surface area contributed by atoms with Crippen LogP contribution < -0.4 is 61.6 Å². The van der Waals surface area contributed by atoms with Gasteiger partial charge in [-0.1, -0.05) is 30.6 Å². The van der Waals surface area contributed by atoms with Crippen molar-refractivity contribution < 1.29 is 73.8 Å². The van der Waals surface area contributed by atoms with Crippen LogP contribution in [-0.4, -0.2) is 26.8 Å². The summed E-state index contributed by atoms with van der Waals surface area (Å²) in [7, 11) is 0. The van der Waals surface area contributed by atoms with Crippen molar-refractivity contribution in [3.63, 3.8) is 0 Å². The molecule has 1 aromatic carbocycles. The molecule has 0 aliphatic rings. The molecule has 0 aliphatic carbocycles. The van der Waals surface area contributed by atoms with Crippen molar-refractivity contribution in [2.75, 3.05) is 19.8 Å². The second-order valence-electron chi connectivity index (χ2n) is 3.57. The van der Waals surface area contributed by atoms with Crippen molar-refractivity contribution in [3.8, 4) is 5.75 Å². The van der Waals surface area contributed by atoms with Crippen LogP contribution >= 0.6 is 0 Å². The van der Waals surface area contributed by atoms with E-state index in [1.807, 2.05) is 6.92 Å². The predicted octanol–water partition coefficient (Wildman–Crippen LogP) is -0.450. The van der Waals surface area contributed by atoms with Crippen LogP contribution in [0.1, 0.15) is 13.3 Å². The maximum atomic E-state index is 12.6. The maximum absolute atomic E-state index is 12.6. The van der Waals surface area contributed by atoms with Crippen molar-refractivity contribution in [2.45, 2.75) is 13.3 Å². The number of rotatable bonds is 7. The van der Waals surface area contributed by atoms with Gasteiger partial charge in [0.15, 0.2) is 0 Å². The molecule has 0 aromatic heterocycles. The minimum atomic E-state index is -5.03. The summed E-state index contributed by atoms with van der Waals surface area (Å²) in [4.78, 5) is 0. The van der Waals surface area contributed by atoms with Gasteiger partial charge in [-0.3, -0.25) is 0 Å². The van der Waals surface area contributed by atoms with Crippen molar-refractivity contribution in [1.82, 2.24) is 0 Å². The molecule has 0 N–H and O–H groups in total. The summed E-state index contributed by atoms with van der Waals surface area (Å²) in [6.07, 6.45) is 0.877. The molecule has 0 bridgehead atoms. The first kappa shape index (κ1) is 18.5. The summed E-state index contributed by atoms with van der Waals surface area (Å²) < 4.78 is 48.1. The average Bonchev–Trinajstić information content (AvgIpc) is 2.28. The van der Waals surface area contributed by atoms with E-state index in [0.717, 1.165) is 12.5 Å². The molecular weight excluding hydrogens is 271 g/mol. The molecule has 0 amide bonds. The second kappa shape index (κ2) is 9.39. The molecular formula is C11H15BF3KO2. The Balaban J connectivity index is 0.00000289. The van der Waals surface area contributed by atoms with Crippen LogP contribution in [0.15, 0.2) is 24.3 Å². The minimum absolute atomic E-state index is 0. The fraction of sp³-hybridized carbons (Fsp3) is 0.455. The summed E-state index contributed by atoms with van der Waals surface area (Å²) in [6, 6.07) is 5.23. The van der Waals surface area contributed by atoms with Gasteiger partial charge in [0.2, 0.25) is 0 Å². The van der Waals surface area contributed by atoms with E-state index >= 15 is 0 Å². The predicted molar refractivity (Wildman–Crippen MR) is 61.8 cm³/mol. The Labute approximate surface area is 148 Å². The van der Waals surface area contributed by atoms with Crippen molar-refractivity contribution in [2.24, 2.45) is 0 Å². The number of para-hydroxylation sites is 1. The zero-order valence-electron chi connectivity index (χ0n) is 10.7. The van der Waals surface area contributed by atoms with E-state index in [4.69, 9.17) is 9.47 Å². The summed E-state index contributed by atoms with van der Waals surface area (Å²) in [5, 5.41) is 0. The van der Waals surface area contributed by atoms with E-state index in [1.165, 1.54) is 18.2 Å². The molecule has 0 radical (unpaired) electrons. The summed E-state index contributed by atoms with van der Waals surface area (Å²) >= 11 is 0. The maximum Gasteiger partial charge on any atom is 1.00 e. The number of hydrogen-bond donors (Lipinski definition) is 0. The second-order valence-corrected chi connectivity index (χ2v) is 3.57. The largest absolute Gasteiger partial charge is 1.00 e. The Kier molecular flexibility index (Phi) is 9.63. The van der Waals surface area contributed by atoms with Crippen molar-refractivity contribution in [3.05, 3.63) is 24.3 Å². The number of ether oxygens (including phenoxy) is 2. The average molecular weight is 286 g/mol. The van der Waals surface area contributed by atoms with Gasteiger partial charge in [0.1, 0.15) is 6.61 Å². The molecule has 1 rings (SSSR count). The molecule has 0 spiro atoms. The van der Waals surface area contributed by atoms with E-state index in [0.29, 0.717) is 13.2 Å². The standard InChI is InChI=1S/C11H15BF3O2.K/c1-2-7-16-8-9-17-11-6-4-3-5-10(11)12(13,14)15;/h3-6H,2,7-9H2,1H3;/q-1;+1. The molecule has 0 aliphatic heterocycles. The molecule has 0 saturated heterocycles. The van der Waals surface area contributed by atoms with Gasteiger partial charge >= 0.3 is 58.4 Å². The number of hydrogen-bond acceptors (Lipinski definition) is 2. The third-order valence-corrected chi connectivity index (χ3v) is 2.11. The SMILES string of the molecule is CCCOCCOc1ccccc1[B-](F)(F)F.[K+]. The van der Waals surface area contributed by atoms with E-state index in [1.54, 1.807) is 0 Å². The molecule has 0 atom stereocenters. The molecule has 0 heterocycles. The molecule has 7 heteroatoms. The monoisotopic (exact) mass is 286 g/mol. The Morgan fingerprint density at radius 2 is 1.72 bits per heavy atom. The smallest absolute Gasteiger partial charge is 0.494 e. The molecule has 0 saturated carbocycles. The Bertz CT molecular complexity index is 347. The fourth-order valence-corrected chi connectivity index (χ4v) is 1.34. The van der Waals surface area contributed by atoms with Crippen LogP contribution in [-0.2, 0) is 4.74 Å². The minimum Gasteiger partial charge on any atom is -0.494 e. The first-order valence-corrected chi connectivity index (χ1v) is 5.55. The molecule has 18 heavy (non-hydrogen) atoms. The van der Waals surface area contributed by atoms with E-state index in [-0.39, 0.29) is 63.7 Å². The molecule has 0 fully saturated rings. The van der Waals surface area contributed by atoms with Gasteiger partial charge in [0.25, 0.3) is 0 Å². The zero-order chi connectivity index (χ0) is 12.7. The van der Waals surface area contributed by atoms with Crippen LogP contribution in [0.5, 0.6) is 5.75 Å². The van der Waals surface area contributed by atoms with Gasteiger partial charge in [-0.2, -0.15) is 0 Å². The Morgan fingerprint density at radius 1 is 1.06 bits per heavy atom. The van der Waals surface area contributed by atoms with Gasteiger partial charge < -0.3 is 22.4 Å². The first-order chi connectivity index (χ1) is 8.05. The molecule has 1 aromatic rings. The van der Waals surface area contributed by atoms with Gasteiger partial charge in [-0.25, -0.2) is 0 Å². The molecule has 96 valence electrons. The molecule has 0 unspecified atom stereocenters. The topological polar surface area (TPSA) is 18.5 Å². The normalized spacial score (nSPS) is 10.9. The third-order valence-electron chi connectivity index (χ3n) is 2.11. The Morgan fingerprint density at radius 3 is 2.33 bits per heavy atom. The number of halogens is 3. The number of benzene rings is 1. The van der Waals surface area contributed by atoms with Gasteiger partial charge in [-0.05, 0) is 12.5 Å². The van der Waals surface area contributed by atoms with Crippen molar-refractivity contribution >= 4 is 12.4 Å². The van der Waals surface area contributed by atoms with Gasteiger partial charge in [0.05, 0.1) is 12.4 Å². The van der Waals surface area contributed by atoms with Gasteiger partial charge in [-0.15, -0.1) is 0 Å². The van der Waals surface area contributed by atoms with Crippen LogP contribution in [0.3, 0.4) is 0 Å². The van der Waals surface area contributed by atoms with E-state index in [9.17, 15) is 12.9 Å². The summed E-state index contributed by atoms with van der Waals surface area (Å²) in [5.74, 6) is -0.125. The summed E-state index contributed by atoms with van der Waals surface area (Å²) in [6.45, 7) is -2.05. The summed E-state index contributed by atoms with van der Waals surface area (Å²) in [5.41, 5.74) is -0.692. The van der Waals surface area contributed by atoms with E-state index in [2.05, 4.69) is 0 Å². The van der Waals surface area contributed by atoms with Crippen molar-refractivity contribution in [1.29, 1.82) is 0 Å². The fourth-order valence-electron chi connectivity index (χ4n) is 1.34. The quantitative estimate of drug-likeness (QED) is 0.499. The van der Waals surface area contributed by atoms with Crippen LogP contribution in [0, 0.1) is 0 Å². The van der Waals surface area contributed by atoms with Crippen LogP contribution in [0.25, 0.3) is 0 Å². The van der Waals surface area contributed by atoms with E-state index < -0.39 is 12.4 Å². The Hall–Kier alpha value is 0.471. The third kappa shape index (κ3) is 6.58. The first-order valence-electron chi connectivity index (χ1n) is 5.55. The van der Waals surface area contributed by atoms with Crippen LogP contribution in [0.4, 0.5) is 12.9 Å². The van der Waals surface area contributed by atoms with Crippen LogP contribution in [0.2, 0.25) is 0 Å².